The van der Waals surface area contributed by atoms with Crippen molar-refractivity contribution < 1.29 is 0 Å². The maximum atomic E-state index is 4.04. The van der Waals surface area contributed by atoms with Gasteiger partial charge < -0.3 is 0 Å². The second-order valence-electron chi connectivity index (χ2n) is 2.70. The van der Waals surface area contributed by atoms with Crippen LogP contribution in [-0.4, -0.2) is 16.0 Å². The van der Waals surface area contributed by atoms with Crippen molar-refractivity contribution in [3.05, 3.63) is 5.01 Å². The topological polar surface area (TPSA) is 25.8 Å². The van der Waals surface area contributed by atoms with E-state index in [9.17, 15) is 0 Å². The van der Waals surface area contributed by atoms with Gasteiger partial charge in [0.15, 0.2) is 4.34 Å². The van der Waals surface area contributed by atoms with Crippen molar-refractivity contribution >= 4 is 32.9 Å². The summed E-state index contributed by atoms with van der Waals surface area (Å²) in [6.07, 6.45) is 3.94. The fourth-order valence-corrected chi connectivity index (χ4v) is 4.05. The molecular formula is C8H14N2S3. The van der Waals surface area contributed by atoms with E-state index in [0.717, 1.165) is 9.35 Å². The predicted molar refractivity (Wildman–Crippen MR) is 62.5 cm³/mol. The van der Waals surface area contributed by atoms with Gasteiger partial charge in [-0.2, -0.15) is 0 Å². The minimum atomic E-state index is 1.05. The van der Waals surface area contributed by atoms with Crippen LogP contribution in [0.2, 0.25) is 0 Å². The minimum Gasteiger partial charge on any atom is -0.143 e. The number of hydrogen-bond acceptors (Lipinski definition) is 5. The molecule has 0 radical (unpaired) electrons. The molecule has 13 heavy (non-hydrogen) atoms. The van der Waals surface area contributed by atoms with Crippen LogP contribution in [0.4, 0.5) is 0 Å². The Bertz CT molecular complexity index is 237. The quantitative estimate of drug-likeness (QED) is 0.552. The average Bonchev–Trinajstić information content (AvgIpc) is 2.51. The minimum absolute atomic E-state index is 1.05. The molecule has 0 N–H and O–H groups in total. The number of hydrogen-bond donors (Lipinski definition) is 0. The van der Waals surface area contributed by atoms with E-state index in [-0.39, 0.29) is 0 Å². The highest BCUT2D eigenvalue weighted by Crippen LogP contribution is 2.33. The molecule has 0 spiro atoms. The molecule has 0 atom stereocenters. The van der Waals surface area contributed by atoms with Crippen LogP contribution < -0.4 is 0 Å². The van der Waals surface area contributed by atoms with Gasteiger partial charge in [0.05, 0.1) is 0 Å². The third-order valence-electron chi connectivity index (χ3n) is 1.47. The summed E-state index contributed by atoms with van der Waals surface area (Å²) in [4.78, 5) is 0. The molecule has 5 heteroatoms. The van der Waals surface area contributed by atoms with Gasteiger partial charge >= 0.3 is 0 Å². The first-order valence-electron chi connectivity index (χ1n) is 4.42. The van der Waals surface area contributed by atoms with Crippen molar-refractivity contribution in [3.63, 3.8) is 0 Å². The monoisotopic (exact) mass is 234 g/mol. The second-order valence-corrected chi connectivity index (χ2v) is 6.54. The highest BCUT2D eigenvalue weighted by Gasteiger charge is 2.00. The number of nitrogens with zero attached hydrogens (tertiary/aromatic N) is 2. The Kier molecular flexibility index (Phi) is 5.82. The van der Waals surface area contributed by atoms with Gasteiger partial charge in [0.2, 0.25) is 0 Å². The zero-order valence-corrected chi connectivity index (χ0v) is 10.4. The molecule has 74 valence electrons. The largest absolute Gasteiger partial charge is 0.184 e. The van der Waals surface area contributed by atoms with Gasteiger partial charge in [-0.25, -0.2) is 0 Å². The van der Waals surface area contributed by atoms with Gasteiger partial charge in [-0.1, -0.05) is 41.9 Å². The molecule has 1 aromatic heterocycles. The third kappa shape index (κ3) is 4.88. The van der Waals surface area contributed by atoms with Crippen molar-refractivity contribution in [2.45, 2.75) is 37.4 Å². The Labute approximate surface area is 91.3 Å². The van der Waals surface area contributed by atoms with Gasteiger partial charge in [-0.15, -0.1) is 10.2 Å². The fraction of sp³-hybridized carbons (Fsp3) is 0.750. The van der Waals surface area contributed by atoms with E-state index >= 15 is 0 Å². The van der Waals surface area contributed by atoms with Crippen LogP contribution in [0.3, 0.4) is 0 Å². The molecule has 0 aromatic carbocycles. The van der Waals surface area contributed by atoms with Crippen LogP contribution in [-0.2, 0) is 0 Å². The summed E-state index contributed by atoms with van der Waals surface area (Å²) in [6, 6.07) is 0. The van der Waals surface area contributed by atoms with Crippen LogP contribution in [0, 0.1) is 6.92 Å². The Hall–Kier alpha value is 0.260. The molecule has 0 unspecified atom stereocenters. The molecule has 0 saturated carbocycles. The molecule has 0 amide bonds. The van der Waals surface area contributed by atoms with Crippen molar-refractivity contribution in [1.29, 1.82) is 0 Å². The summed E-state index contributed by atoms with van der Waals surface area (Å²) in [6.45, 7) is 4.22. The Morgan fingerprint density at radius 2 is 2.15 bits per heavy atom. The van der Waals surface area contributed by atoms with Crippen LogP contribution in [0.5, 0.6) is 0 Å². The number of aryl methyl sites for hydroxylation is 1. The first-order chi connectivity index (χ1) is 6.33. The van der Waals surface area contributed by atoms with Crippen LogP contribution >= 0.6 is 32.9 Å². The molecule has 2 nitrogen and oxygen atoms in total. The highest BCUT2D eigenvalue weighted by molar-refractivity contribution is 8.77. The normalized spacial score (nSPS) is 10.6. The first kappa shape index (κ1) is 11.3. The molecule has 1 rings (SSSR count). The second kappa shape index (κ2) is 6.68. The highest BCUT2D eigenvalue weighted by atomic mass is 33.1. The fourth-order valence-electron chi connectivity index (χ4n) is 0.815. The van der Waals surface area contributed by atoms with Gasteiger partial charge in [0.1, 0.15) is 5.01 Å². The van der Waals surface area contributed by atoms with Crippen LogP contribution in [0.15, 0.2) is 4.34 Å². The van der Waals surface area contributed by atoms with Gasteiger partial charge in [0, 0.05) is 5.75 Å². The van der Waals surface area contributed by atoms with Crippen molar-refractivity contribution in [2.75, 3.05) is 5.75 Å². The summed E-state index contributed by atoms with van der Waals surface area (Å²) < 4.78 is 1.08. The Morgan fingerprint density at radius 1 is 1.31 bits per heavy atom. The number of unbranched alkanes of at least 4 members (excludes halogenated alkanes) is 2. The lowest BCUT2D eigenvalue weighted by Crippen LogP contribution is -1.76. The van der Waals surface area contributed by atoms with E-state index in [1.807, 2.05) is 17.7 Å². The predicted octanol–water partition coefficient (Wildman–Crippen LogP) is 3.78. The van der Waals surface area contributed by atoms with Crippen LogP contribution in [0.25, 0.3) is 0 Å². The lowest BCUT2D eigenvalue weighted by atomic mass is 10.3. The van der Waals surface area contributed by atoms with Crippen molar-refractivity contribution in [2.24, 2.45) is 0 Å². The van der Waals surface area contributed by atoms with E-state index in [1.165, 1.54) is 25.0 Å². The zero-order valence-electron chi connectivity index (χ0n) is 7.95. The summed E-state index contributed by atoms with van der Waals surface area (Å²) >= 11 is 1.67. The van der Waals surface area contributed by atoms with E-state index < -0.39 is 0 Å². The third-order valence-corrected chi connectivity index (χ3v) is 5.04. The van der Waals surface area contributed by atoms with E-state index in [0.29, 0.717) is 0 Å². The van der Waals surface area contributed by atoms with Crippen LogP contribution in [0.1, 0.15) is 31.2 Å². The van der Waals surface area contributed by atoms with Crippen molar-refractivity contribution in [1.82, 2.24) is 10.2 Å². The average molecular weight is 234 g/mol. The molecule has 0 aliphatic rings. The maximum Gasteiger partial charge on any atom is 0.184 e. The molecule has 0 bridgehead atoms. The summed E-state index contributed by atoms with van der Waals surface area (Å²) in [5.74, 6) is 1.22. The molecular weight excluding hydrogens is 220 g/mol. The summed E-state index contributed by atoms with van der Waals surface area (Å²) in [5, 5.41) is 9.06. The smallest absolute Gasteiger partial charge is 0.143 e. The standard InChI is InChI=1S/C8H14N2S3/c1-3-4-5-6-11-13-8-10-9-7(2)12-8/h3-6H2,1-2H3. The number of aromatic nitrogens is 2. The van der Waals surface area contributed by atoms with Gasteiger partial charge in [0.25, 0.3) is 0 Å². The van der Waals surface area contributed by atoms with Gasteiger partial charge in [-0.3, -0.25) is 0 Å². The van der Waals surface area contributed by atoms with Gasteiger partial charge in [-0.05, 0) is 24.1 Å². The molecule has 0 aliphatic carbocycles. The maximum absolute atomic E-state index is 4.04. The van der Waals surface area contributed by atoms with E-state index in [2.05, 4.69) is 17.1 Å². The SMILES string of the molecule is CCCCCSSc1nnc(C)s1. The molecule has 1 heterocycles. The summed E-state index contributed by atoms with van der Waals surface area (Å²) in [7, 11) is 3.64. The summed E-state index contributed by atoms with van der Waals surface area (Å²) in [5.41, 5.74) is 0. The lowest BCUT2D eigenvalue weighted by molar-refractivity contribution is 0.779. The van der Waals surface area contributed by atoms with E-state index in [1.54, 1.807) is 22.1 Å². The lowest BCUT2D eigenvalue weighted by Gasteiger charge is -1.95. The Morgan fingerprint density at radius 3 is 2.77 bits per heavy atom. The van der Waals surface area contributed by atoms with Crippen molar-refractivity contribution in [3.8, 4) is 0 Å². The number of rotatable bonds is 6. The Balaban J connectivity index is 2.06. The molecule has 0 aliphatic heterocycles. The first-order valence-corrected chi connectivity index (χ1v) is 7.56. The molecule has 0 saturated heterocycles. The molecule has 0 fully saturated rings. The zero-order chi connectivity index (χ0) is 9.52. The molecule has 1 aromatic rings. The van der Waals surface area contributed by atoms with E-state index in [4.69, 9.17) is 0 Å².